The van der Waals surface area contributed by atoms with E-state index in [4.69, 9.17) is 0 Å². The smallest absolute Gasteiger partial charge is 0.262 e. The molecule has 0 bridgehead atoms. The molecule has 2 aromatic heterocycles. The second-order valence-corrected chi connectivity index (χ2v) is 7.53. The first-order chi connectivity index (χ1) is 13.4. The van der Waals surface area contributed by atoms with Gasteiger partial charge < -0.3 is 5.32 Å². The van der Waals surface area contributed by atoms with Gasteiger partial charge in [-0.1, -0.05) is 29.8 Å². The number of hydrogen-bond acceptors (Lipinski definition) is 4. The van der Waals surface area contributed by atoms with E-state index >= 15 is 0 Å². The maximum absolute atomic E-state index is 12.7. The van der Waals surface area contributed by atoms with Crippen LogP contribution >= 0.6 is 0 Å². The Morgan fingerprint density at radius 2 is 1.89 bits per heavy atom. The first kappa shape index (κ1) is 18.4. The summed E-state index contributed by atoms with van der Waals surface area (Å²) in [6.07, 6.45) is 0. The molecule has 6 heteroatoms. The zero-order chi connectivity index (χ0) is 20.0. The average molecular weight is 375 g/mol. The fourth-order valence-electron chi connectivity index (χ4n) is 3.77. The number of hydrogen-bond donors (Lipinski definition) is 1. The maximum Gasteiger partial charge on any atom is 0.262 e. The van der Waals surface area contributed by atoms with Crippen molar-refractivity contribution >= 4 is 16.7 Å². The lowest BCUT2D eigenvalue weighted by Crippen LogP contribution is -2.23. The lowest BCUT2D eigenvalue weighted by atomic mass is 9.98. The number of nitrogens with zero attached hydrogens (tertiary/aromatic N) is 4. The SMILES string of the molecule is Cc1ccc2c(c1)c(=O)n(C)c1nnc(CNC(C)c3cccc(C)c3C)n21. The van der Waals surface area contributed by atoms with Crippen molar-refractivity contribution in [1.29, 1.82) is 0 Å². The summed E-state index contributed by atoms with van der Waals surface area (Å²) in [6, 6.07) is 12.5. The van der Waals surface area contributed by atoms with Gasteiger partial charge >= 0.3 is 0 Å². The average Bonchev–Trinajstić information content (AvgIpc) is 3.10. The highest BCUT2D eigenvalue weighted by atomic mass is 16.1. The number of benzene rings is 2. The molecule has 28 heavy (non-hydrogen) atoms. The highest BCUT2D eigenvalue weighted by molar-refractivity contribution is 5.81. The summed E-state index contributed by atoms with van der Waals surface area (Å²) in [4.78, 5) is 12.7. The zero-order valence-corrected chi connectivity index (χ0v) is 16.9. The predicted octanol–water partition coefficient (Wildman–Crippen LogP) is 3.36. The number of fused-ring (bicyclic) bond motifs is 3. The molecule has 1 atom stereocenters. The summed E-state index contributed by atoms with van der Waals surface area (Å²) in [5.41, 5.74) is 5.71. The molecule has 2 heterocycles. The molecule has 0 aliphatic rings. The van der Waals surface area contributed by atoms with Crippen LogP contribution in [0, 0.1) is 20.8 Å². The van der Waals surface area contributed by atoms with E-state index in [0.29, 0.717) is 17.7 Å². The van der Waals surface area contributed by atoms with Gasteiger partial charge in [-0.2, -0.15) is 0 Å². The molecular weight excluding hydrogens is 350 g/mol. The second-order valence-electron chi connectivity index (χ2n) is 7.53. The van der Waals surface area contributed by atoms with E-state index in [0.717, 1.165) is 16.9 Å². The maximum atomic E-state index is 12.7. The first-order valence-electron chi connectivity index (χ1n) is 9.51. The normalized spacial score (nSPS) is 12.8. The van der Waals surface area contributed by atoms with E-state index in [9.17, 15) is 4.79 Å². The van der Waals surface area contributed by atoms with Crippen LogP contribution in [0.1, 0.15) is 41.0 Å². The third kappa shape index (κ3) is 2.90. The molecule has 4 aromatic rings. The molecule has 6 nitrogen and oxygen atoms in total. The molecule has 2 aromatic carbocycles. The number of nitrogens with one attached hydrogen (secondary N) is 1. The monoisotopic (exact) mass is 375 g/mol. The van der Waals surface area contributed by atoms with Gasteiger partial charge in [-0.05, 0) is 56.5 Å². The van der Waals surface area contributed by atoms with Gasteiger partial charge in [0.15, 0.2) is 5.82 Å². The highest BCUT2D eigenvalue weighted by Gasteiger charge is 2.16. The van der Waals surface area contributed by atoms with Gasteiger partial charge in [-0.15, -0.1) is 10.2 Å². The molecule has 0 aliphatic heterocycles. The Morgan fingerprint density at radius 3 is 2.68 bits per heavy atom. The van der Waals surface area contributed by atoms with Gasteiger partial charge in [-0.3, -0.25) is 13.8 Å². The van der Waals surface area contributed by atoms with Crippen LogP contribution in [0.15, 0.2) is 41.2 Å². The standard InChI is InChI=1S/C22H25N5O/c1-13-9-10-19-18(11-13)21(28)26(5)22-25-24-20(27(19)22)12-23-16(4)17-8-6-7-14(2)15(17)3/h6-11,16,23H,12H2,1-5H3. The van der Waals surface area contributed by atoms with Crippen LogP contribution in [0.5, 0.6) is 0 Å². The first-order valence-corrected chi connectivity index (χ1v) is 9.51. The minimum atomic E-state index is -0.0538. The van der Waals surface area contributed by atoms with Crippen molar-refractivity contribution in [2.75, 3.05) is 0 Å². The lowest BCUT2D eigenvalue weighted by Gasteiger charge is -2.17. The van der Waals surface area contributed by atoms with E-state index in [1.165, 1.54) is 16.7 Å². The Labute approximate surface area is 163 Å². The molecule has 0 spiro atoms. The van der Waals surface area contributed by atoms with Gasteiger partial charge in [0.25, 0.3) is 5.56 Å². The van der Waals surface area contributed by atoms with Crippen molar-refractivity contribution < 1.29 is 0 Å². The van der Waals surface area contributed by atoms with E-state index in [1.54, 1.807) is 11.6 Å². The summed E-state index contributed by atoms with van der Waals surface area (Å²) in [6.45, 7) is 8.98. The molecular formula is C22H25N5O. The van der Waals surface area contributed by atoms with Gasteiger partial charge in [-0.25, -0.2) is 0 Å². The Kier molecular flexibility index (Phi) is 4.51. The Morgan fingerprint density at radius 1 is 1.11 bits per heavy atom. The van der Waals surface area contributed by atoms with Gasteiger partial charge in [0.2, 0.25) is 5.78 Å². The van der Waals surface area contributed by atoms with Crippen LogP contribution in [0.3, 0.4) is 0 Å². The number of aromatic nitrogens is 4. The Hall–Kier alpha value is -2.99. The van der Waals surface area contributed by atoms with Crippen LogP contribution in [0.25, 0.3) is 16.7 Å². The second kappa shape index (κ2) is 6.87. The number of aryl methyl sites for hydroxylation is 3. The van der Waals surface area contributed by atoms with Gasteiger partial charge in [0, 0.05) is 13.1 Å². The quantitative estimate of drug-likeness (QED) is 0.594. The van der Waals surface area contributed by atoms with Crippen LogP contribution in [0.2, 0.25) is 0 Å². The van der Waals surface area contributed by atoms with E-state index < -0.39 is 0 Å². The molecule has 0 aliphatic carbocycles. The van der Waals surface area contributed by atoms with Crippen LogP contribution in [-0.2, 0) is 13.6 Å². The van der Waals surface area contributed by atoms with Gasteiger partial charge in [0.05, 0.1) is 17.4 Å². The van der Waals surface area contributed by atoms with Crippen molar-refractivity contribution in [3.63, 3.8) is 0 Å². The predicted molar refractivity (Wildman–Crippen MR) is 112 cm³/mol. The molecule has 0 amide bonds. The van der Waals surface area contributed by atoms with Crippen molar-refractivity contribution in [2.45, 2.75) is 40.3 Å². The minimum absolute atomic E-state index is 0.0538. The van der Waals surface area contributed by atoms with E-state index in [-0.39, 0.29) is 11.6 Å². The molecule has 0 saturated heterocycles. The van der Waals surface area contributed by atoms with Crippen molar-refractivity contribution in [3.8, 4) is 0 Å². The van der Waals surface area contributed by atoms with Crippen LogP contribution in [0.4, 0.5) is 0 Å². The molecule has 0 fully saturated rings. The number of rotatable bonds is 4. The minimum Gasteiger partial charge on any atom is -0.303 e. The third-order valence-corrected chi connectivity index (χ3v) is 5.62. The fraction of sp³-hybridized carbons (Fsp3) is 0.318. The van der Waals surface area contributed by atoms with E-state index in [2.05, 4.69) is 54.5 Å². The lowest BCUT2D eigenvalue weighted by molar-refractivity contribution is 0.555. The topological polar surface area (TPSA) is 64.2 Å². The van der Waals surface area contributed by atoms with Gasteiger partial charge in [0.1, 0.15) is 0 Å². The summed E-state index contributed by atoms with van der Waals surface area (Å²) < 4.78 is 3.53. The zero-order valence-electron chi connectivity index (χ0n) is 16.9. The Bertz CT molecular complexity index is 1250. The molecule has 144 valence electrons. The molecule has 0 radical (unpaired) electrons. The van der Waals surface area contributed by atoms with Crippen molar-refractivity contribution in [3.05, 3.63) is 74.8 Å². The highest BCUT2D eigenvalue weighted by Crippen LogP contribution is 2.21. The van der Waals surface area contributed by atoms with Crippen molar-refractivity contribution in [2.24, 2.45) is 7.05 Å². The summed E-state index contributed by atoms with van der Waals surface area (Å²) in [5.74, 6) is 1.34. The fourth-order valence-corrected chi connectivity index (χ4v) is 3.77. The molecule has 0 saturated carbocycles. The Balaban J connectivity index is 1.75. The van der Waals surface area contributed by atoms with E-state index in [1.807, 2.05) is 29.5 Å². The molecule has 1 N–H and O–H groups in total. The molecule has 4 rings (SSSR count). The third-order valence-electron chi connectivity index (χ3n) is 5.62. The summed E-state index contributed by atoms with van der Waals surface area (Å²) >= 11 is 0. The summed E-state index contributed by atoms with van der Waals surface area (Å²) in [5, 5.41) is 12.9. The summed E-state index contributed by atoms with van der Waals surface area (Å²) in [7, 11) is 1.74. The van der Waals surface area contributed by atoms with Crippen LogP contribution in [-0.4, -0.2) is 19.2 Å². The largest absolute Gasteiger partial charge is 0.303 e. The van der Waals surface area contributed by atoms with Crippen LogP contribution < -0.4 is 10.9 Å². The molecule has 1 unspecified atom stereocenters. The van der Waals surface area contributed by atoms with Crippen molar-refractivity contribution in [1.82, 2.24) is 24.5 Å².